The van der Waals surface area contributed by atoms with Crippen LogP contribution in [0.1, 0.15) is 28.8 Å². The van der Waals surface area contributed by atoms with Crippen LogP contribution in [0.3, 0.4) is 0 Å². The van der Waals surface area contributed by atoms with Crippen molar-refractivity contribution in [2.24, 2.45) is 0 Å². The second-order valence-corrected chi connectivity index (χ2v) is 7.46. The molecule has 1 amide bonds. The SMILES string of the molecule is CNS(=O)(=O)c1ccc(NC(=O)CCC(=O)c2ccc(C)cc2)cc1. The molecule has 132 valence electrons. The molecule has 0 unspecified atom stereocenters. The molecule has 0 fully saturated rings. The van der Waals surface area contributed by atoms with Gasteiger partial charge in [0.05, 0.1) is 4.90 Å². The zero-order chi connectivity index (χ0) is 18.4. The number of benzene rings is 2. The lowest BCUT2D eigenvalue weighted by Gasteiger charge is -2.07. The van der Waals surface area contributed by atoms with Crippen molar-refractivity contribution in [2.45, 2.75) is 24.7 Å². The van der Waals surface area contributed by atoms with Crippen LogP contribution >= 0.6 is 0 Å². The van der Waals surface area contributed by atoms with E-state index in [4.69, 9.17) is 0 Å². The van der Waals surface area contributed by atoms with Crippen LogP contribution in [-0.4, -0.2) is 27.2 Å². The van der Waals surface area contributed by atoms with Gasteiger partial charge in [0.25, 0.3) is 0 Å². The van der Waals surface area contributed by atoms with Crippen molar-refractivity contribution in [2.75, 3.05) is 12.4 Å². The van der Waals surface area contributed by atoms with E-state index in [1.807, 2.05) is 19.1 Å². The number of carbonyl (C=O) groups excluding carboxylic acids is 2. The van der Waals surface area contributed by atoms with E-state index in [1.165, 1.54) is 31.3 Å². The highest BCUT2D eigenvalue weighted by Crippen LogP contribution is 2.14. The largest absolute Gasteiger partial charge is 0.326 e. The molecule has 0 aromatic heterocycles. The Bertz CT molecular complexity index is 857. The first-order valence-electron chi connectivity index (χ1n) is 7.75. The molecule has 6 nitrogen and oxygen atoms in total. The number of hydrogen-bond donors (Lipinski definition) is 2. The highest BCUT2D eigenvalue weighted by Gasteiger charge is 2.12. The zero-order valence-corrected chi connectivity index (χ0v) is 14.9. The van der Waals surface area contributed by atoms with E-state index in [9.17, 15) is 18.0 Å². The third-order valence-electron chi connectivity index (χ3n) is 3.67. The first-order chi connectivity index (χ1) is 11.8. The van der Waals surface area contributed by atoms with Gasteiger partial charge in [0.1, 0.15) is 0 Å². The maximum absolute atomic E-state index is 12.0. The maximum Gasteiger partial charge on any atom is 0.240 e. The van der Waals surface area contributed by atoms with E-state index in [1.54, 1.807) is 12.1 Å². The van der Waals surface area contributed by atoms with Gasteiger partial charge in [0.2, 0.25) is 15.9 Å². The van der Waals surface area contributed by atoms with Crippen LogP contribution in [0.25, 0.3) is 0 Å². The molecule has 2 N–H and O–H groups in total. The van der Waals surface area contributed by atoms with E-state index in [0.29, 0.717) is 11.3 Å². The van der Waals surface area contributed by atoms with Crippen LogP contribution in [0.2, 0.25) is 0 Å². The van der Waals surface area contributed by atoms with Crippen molar-refractivity contribution >= 4 is 27.4 Å². The summed E-state index contributed by atoms with van der Waals surface area (Å²) < 4.78 is 25.5. The number of ketones is 1. The lowest BCUT2D eigenvalue weighted by molar-refractivity contribution is -0.116. The minimum absolute atomic E-state index is 0.0588. The first kappa shape index (κ1) is 18.8. The second-order valence-electron chi connectivity index (χ2n) is 5.57. The molecule has 2 aromatic rings. The minimum Gasteiger partial charge on any atom is -0.326 e. The third kappa shape index (κ3) is 5.23. The Morgan fingerprint density at radius 3 is 2.08 bits per heavy atom. The Balaban J connectivity index is 1.90. The summed E-state index contributed by atoms with van der Waals surface area (Å²) in [5, 5.41) is 2.65. The van der Waals surface area contributed by atoms with Crippen molar-refractivity contribution in [3.8, 4) is 0 Å². The normalized spacial score (nSPS) is 11.1. The molecule has 25 heavy (non-hydrogen) atoms. The van der Waals surface area contributed by atoms with Crippen LogP contribution in [0.5, 0.6) is 0 Å². The summed E-state index contributed by atoms with van der Waals surface area (Å²) in [5.74, 6) is -0.393. The predicted molar refractivity (Wildman–Crippen MR) is 96.1 cm³/mol. The van der Waals surface area contributed by atoms with E-state index >= 15 is 0 Å². The molecule has 0 spiro atoms. The molecule has 0 aliphatic rings. The van der Waals surface area contributed by atoms with Gasteiger partial charge in [-0.25, -0.2) is 13.1 Å². The van der Waals surface area contributed by atoms with E-state index < -0.39 is 10.0 Å². The number of anilines is 1. The molecule has 2 aromatic carbocycles. The van der Waals surface area contributed by atoms with Crippen molar-refractivity contribution in [3.63, 3.8) is 0 Å². The van der Waals surface area contributed by atoms with Gasteiger partial charge in [0.15, 0.2) is 5.78 Å². The molecule has 0 saturated heterocycles. The van der Waals surface area contributed by atoms with Gasteiger partial charge < -0.3 is 5.32 Å². The van der Waals surface area contributed by atoms with E-state index in [-0.39, 0.29) is 29.4 Å². The number of sulfonamides is 1. The monoisotopic (exact) mass is 360 g/mol. The first-order valence-corrected chi connectivity index (χ1v) is 9.23. The Morgan fingerprint density at radius 2 is 1.52 bits per heavy atom. The Hall–Kier alpha value is -2.51. The Kier molecular flexibility index (Phi) is 6.06. The lowest BCUT2D eigenvalue weighted by atomic mass is 10.0. The molecule has 0 heterocycles. The van der Waals surface area contributed by atoms with Crippen molar-refractivity contribution in [3.05, 3.63) is 59.7 Å². The number of amides is 1. The fourth-order valence-electron chi connectivity index (χ4n) is 2.17. The lowest BCUT2D eigenvalue weighted by Crippen LogP contribution is -2.18. The molecule has 7 heteroatoms. The van der Waals surface area contributed by atoms with Crippen molar-refractivity contribution in [1.82, 2.24) is 4.72 Å². The molecule has 0 bridgehead atoms. The number of hydrogen-bond acceptors (Lipinski definition) is 4. The Morgan fingerprint density at radius 1 is 0.920 bits per heavy atom. The Labute approximate surface area is 147 Å². The number of aryl methyl sites for hydroxylation is 1. The predicted octanol–water partition coefficient (Wildman–Crippen LogP) is 2.50. The molecule has 2 rings (SSSR count). The zero-order valence-electron chi connectivity index (χ0n) is 14.1. The molecule has 0 saturated carbocycles. The van der Waals surface area contributed by atoms with E-state index in [2.05, 4.69) is 10.0 Å². The fraction of sp³-hybridized carbons (Fsp3) is 0.222. The number of carbonyl (C=O) groups is 2. The summed E-state index contributed by atoms with van der Waals surface area (Å²) in [6.45, 7) is 1.94. The number of Topliss-reactive ketones (excluding diaryl/α,β-unsaturated/α-hetero) is 1. The van der Waals surface area contributed by atoms with Gasteiger partial charge in [-0.3, -0.25) is 9.59 Å². The van der Waals surface area contributed by atoms with Gasteiger partial charge >= 0.3 is 0 Å². The summed E-state index contributed by atoms with van der Waals surface area (Å²) in [4.78, 5) is 24.1. The standard InChI is InChI=1S/C18H20N2O4S/c1-13-3-5-14(6-4-13)17(21)11-12-18(22)20-15-7-9-16(10-8-15)25(23,24)19-2/h3-10,19H,11-12H2,1-2H3,(H,20,22). The molecule has 0 aliphatic heterocycles. The minimum atomic E-state index is -3.51. The van der Waals surface area contributed by atoms with E-state index in [0.717, 1.165) is 5.56 Å². The summed E-state index contributed by atoms with van der Waals surface area (Å²) in [6, 6.07) is 13.0. The quantitative estimate of drug-likeness (QED) is 0.742. The summed E-state index contributed by atoms with van der Waals surface area (Å²) in [7, 11) is -2.18. The smallest absolute Gasteiger partial charge is 0.240 e. The van der Waals surface area contributed by atoms with Crippen molar-refractivity contribution in [1.29, 1.82) is 0 Å². The van der Waals surface area contributed by atoms with Crippen molar-refractivity contribution < 1.29 is 18.0 Å². The summed E-state index contributed by atoms with van der Waals surface area (Å²) >= 11 is 0. The summed E-state index contributed by atoms with van der Waals surface area (Å²) in [6.07, 6.45) is 0.171. The average Bonchev–Trinajstić information content (AvgIpc) is 2.61. The van der Waals surface area contributed by atoms with Crippen LogP contribution in [0.4, 0.5) is 5.69 Å². The van der Waals surface area contributed by atoms with Gasteiger partial charge in [-0.15, -0.1) is 0 Å². The third-order valence-corrected chi connectivity index (χ3v) is 5.10. The molecule has 0 radical (unpaired) electrons. The fourth-order valence-corrected chi connectivity index (χ4v) is 2.90. The summed E-state index contributed by atoms with van der Waals surface area (Å²) in [5.41, 5.74) is 2.13. The molecule has 0 aliphatic carbocycles. The van der Waals surface area contributed by atoms with Crippen LogP contribution < -0.4 is 10.0 Å². The average molecular weight is 360 g/mol. The van der Waals surface area contributed by atoms with Gasteiger partial charge in [-0.2, -0.15) is 0 Å². The van der Waals surface area contributed by atoms with Gasteiger partial charge in [-0.1, -0.05) is 29.8 Å². The van der Waals surface area contributed by atoms with Crippen LogP contribution in [0, 0.1) is 6.92 Å². The van der Waals surface area contributed by atoms with Crippen LogP contribution in [-0.2, 0) is 14.8 Å². The number of nitrogens with one attached hydrogen (secondary N) is 2. The molecular weight excluding hydrogens is 340 g/mol. The topological polar surface area (TPSA) is 92.3 Å². The highest BCUT2D eigenvalue weighted by atomic mass is 32.2. The number of rotatable bonds is 7. The van der Waals surface area contributed by atoms with Crippen LogP contribution in [0.15, 0.2) is 53.4 Å². The van der Waals surface area contributed by atoms with Gasteiger partial charge in [0, 0.05) is 24.1 Å². The maximum atomic E-state index is 12.0. The van der Waals surface area contributed by atoms with Gasteiger partial charge in [-0.05, 0) is 38.2 Å². The second kappa shape index (κ2) is 8.04. The molecular formula is C18H20N2O4S. The highest BCUT2D eigenvalue weighted by molar-refractivity contribution is 7.89. The molecule has 0 atom stereocenters.